The van der Waals surface area contributed by atoms with E-state index in [1.54, 1.807) is 0 Å². The van der Waals surface area contributed by atoms with Gasteiger partial charge in [0.15, 0.2) is 0 Å². The largest absolute Gasteiger partial charge is 0.478 e. The van der Waals surface area contributed by atoms with Crippen LogP contribution in [-0.4, -0.2) is 38.7 Å². The minimum Gasteiger partial charge on any atom is -0.478 e. The molecule has 1 aliphatic heterocycles. The first kappa shape index (κ1) is 30.8. The fourth-order valence-corrected chi connectivity index (χ4v) is 5.22. The molecule has 1 saturated heterocycles. The van der Waals surface area contributed by atoms with Crippen LogP contribution in [0.2, 0.25) is 0 Å². The number of amides is 2. The van der Waals surface area contributed by atoms with Crippen molar-refractivity contribution in [3.05, 3.63) is 93.9 Å². The standard InChI is InChI=1S/C28H18F6N2O4S2/c29-27(30,31)19-12-18(13-20(14-19)28(32,33)34)17-3-1-2-15(10-17)11-22-24(38)36(26(41)42-22)9-8-23(37)35-21-6-4-16(5-7-21)25(39)40/h1-7,10-14H,8-9H2,(H,35,37)(H,39,40)/b22-11-. The van der Waals surface area contributed by atoms with E-state index in [0.717, 1.165) is 11.8 Å². The lowest BCUT2D eigenvalue weighted by Crippen LogP contribution is -2.31. The number of nitrogens with zero attached hydrogens (tertiary/aromatic N) is 1. The average Bonchev–Trinajstić information content (AvgIpc) is 3.18. The molecule has 0 bridgehead atoms. The van der Waals surface area contributed by atoms with E-state index in [1.807, 2.05) is 0 Å². The maximum absolute atomic E-state index is 13.3. The average molecular weight is 625 g/mol. The minimum atomic E-state index is -5.00. The lowest BCUT2D eigenvalue weighted by Gasteiger charge is -2.15. The number of carbonyl (C=O) groups excluding carboxylic acids is 2. The number of rotatable bonds is 7. The Kier molecular flexibility index (Phi) is 8.78. The van der Waals surface area contributed by atoms with Crippen molar-refractivity contribution in [2.45, 2.75) is 18.8 Å². The summed E-state index contributed by atoms with van der Waals surface area (Å²) in [6.45, 7) is -0.0639. The molecule has 0 atom stereocenters. The van der Waals surface area contributed by atoms with E-state index >= 15 is 0 Å². The summed E-state index contributed by atoms with van der Waals surface area (Å²) in [7, 11) is 0. The van der Waals surface area contributed by atoms with Crippen LogP contribution in [0.15, 0.2) is 71.6 Å². The van der Waals surface area contributed by atoms with Gasteiger partial charge >= 0.3 is 18.3 Å². The fourth-order valence-electron chi connectivity index (χ4n) is 3.91. The quantitative estimate of drug-likeness (QED) is 0.163. The highest BCUT2D eigenvalue weighted by atomic mass is 32.2. The summed E-state index contributed by atoms with van der Waals surface area (Å²) >= 11 is 6.19. The molecule has 1 fully saturated rings. The van der Waals surface area contributed by atoms with Gasteiger partial charge in [-0.3, -0.25) is 14.5 Å². The van der Waals surface area contributed by atoms with Crippen molar-refractivity contribution in [3.63, 3.8) is 0 Å². The molecule has 3 aromatic carbocycles. The Morgan fingerprint density at radius 1 is 0.905 bits per heavy atom. The lowest BCUT2D eigenvalue weighted by molar-refractivity contribution is -0.143. The third-order valence-electron chi connectivity index (χ3n) is 5.96. The molecule has 1 aliphatic rings. The zero-order valence-electron chi connectivity index (χ0n) is 21.0. The van der Waals surface area contributed by atoms with E-state index < -0.39 is 41.3 Å². The van der Waals surface area contributed by atoms with Crippen LogP contribution in [0.5, 0.6) is 0 Å². The molecule has 0 aliphatic carbocycles. The maximum atomic E-state index is 13.3. The number of anilines is 1. The van der Waals surface area contributed by atoms with E-state index in [2.05, 4.69) is 5.32 Å². The van der Waals surface area contributed by atoms with Gasteiger partial charge in [0.1, 0.15) is 4.32 Å². The van der Waals surface area contributed by atoms with Crippen molar-refractivity contribution in [3.8, 4) is 11.1 Å². The van der Waals surface area contributed by atoms with Crippen molar-refractivity contribution in [2.24, 2.45) is 0 Å². The number of benzene rings is 3. The summed E-state index contributed by atoms with van der Waals surface area (Å²) in [4.78, 5) is 37.6. The Labute approximate surface area is 244 Å². The molecule has 0 saturated carbocycles. The summed E-state index contributed by atoms with van der Waals surface area (Å²) in [6, 6.07) is 12.4. The van der Waals surface area contributed by atoms with Crippen molar-refractivity contribution in [1.82, 2.24) is 4.90 Å². The molecule has 14 heteroatoms. The SMILES string of the molecule is O=C(CCN1C(=O)/C(=C/c2cccc(-c3cc(C(F)(F)F)cc(C(F)(F)F)c3)c2)SC1=S)Nc1ccc(C(=O)O)cc1. The Bertz CT molecular complexity index is 1570. The highest BCUT2D eigenvalue weighted by Crippen LogP contribution is 2.39. The number of carbonyl (C=O) groups is 3. The van der Waals surface area contributed by atoms with Crippen molar-refractivity contribution >= 4 is 57.8 Å². The molecule has 0 radical (unpaired) electrons. The van der Waals surface area contributed by atoms with E-state index in [-0.39, 0.29) is 44.9 Å². The molecule has 0 aromatic heterocycles. The number of alkyl halides is 6. The van der Waals surface area contributed by atoms with Crippen LogP contribution in [0.4, 0.5) is 32.0 Å². The normalized spacial score (nSPS) is 14.9. The van der Waals surface area contributed by atoms with Crippen molar-refractivity contribution < 1.29 is 45.8 Å². The van der Waals surface area contributed by atoms with Gasteiger partial charge < -0.3 is 10.4 Å². The number of aromatic carboxylic acids is 1. The topological polar surface area (TPSA) is 86.7 Å². The zero-order chi connectivity index (χ0) is 30.8. The van der Waals surface area contributed by atoms with Crippen LogP contribution < -0.4 is 5.32 Å². The smallest absolute Gasteiger partial charge is 0.416 e. The summed E-state index contributed by atoms with van der Waals surface area (Å²) in [5.41, 5.74) is -2.38. The number of nitrogens with one attached hydrogen (secondary N) is 1. The second-order valence-corrected chi connectivity index (χ2v) is 10.6. The number of thiocarbonyl (C=S) groups is 1. The summed E-state index contributed by atoms with van der Waals surface area (Å²) in [5.74, 6) is -2.09. The highest BCUT2D eigenvalue weighted by molar-refractivity contribution is 8.26. The zero-order valence-corrected chi connectivity index (χ0v) is 22.7. The monoisotopic (exact) mass is 624 g/mol. The third kappa shape index (κ3) is 7.36. The molecule has 218 valence electrons. The van der Waals surface area contributed by atoms with Crippen LogP contribution >= 0.6 is 24.0 Å². The van der Waals surface area contributed by atoms with Gasteiger partial charge in [0.05, 0.1) is 21.6 Å². The van der Waals surface area contributed by atoms with Crippen molar-refractivity contribution in [1.29, 1.82) is 0 Å². The Balaban J connectivity index is 1.48. The predicted molar refractivity (Wildman–Crippen MR) is 148 cm³/mol. The number of halogens is 6. The number of hydrogen-bond acceptors (Lipinski definition) is 5. The van der Waals surface area contributed by atoms with Crippen LogP contribution in [0.3, 0.4) is 0 Å². The van der Waals surface area contributed by atoms with Crippen LogP contribution in [0.25, 0.3) is 17.2 Å². The van der Waals surface area contributed by atoms with Crippen molar-refractivity contribution in [2.75, 3.05) is 11.9 Å². The maximum Gasteiger partial charge on any atom is 0.416 e. The highest BCUT2D eigenvalue weighted by Gasteiger charge is 2.37. The lowest BCUT2D eigenvalue weighted by atomic mass is 9.97. The Morgan fingerprint density at radius 3 is 2.10 bits per heavy atom. The fraction of sp³-hybridized carbons (Fsp3) is 0.143. The summed E-state index contributed by atoms with van der Waals surface area (Å²) < 4.78 is 80.0. The van der Waals surface area contributed by atoms with Gasteiger partial charge in [-0.05, 0) is 71.3 Å². The molecule has 42 heavy (non-hydrogen) atoms. The number of carboxylic acid groups (broad SMARTS) is 1. The molecule has 0 unspecified atom stereocenters. The van der Waals surface area contributed by atoms with E-state index in [0.29, 0.717) is 23.4 Å². The van der Waals surface area contributed by atoms with Gasteiger partial charge in [-0.1, -0.05) is 42.2 Å². The second-order valence-electron chi connectivity index (χ2n) is 8.93. The van der Waals surface area contributed by atoms with Gasteiger partial charge in [0.25, 0.3) is 5.91 Å². The van der Waals surface area contributed by atoms with E-state index in [1.165, 1.54) is 59.5 Å². The molecule has 2 N–H and O–H groups in total. The molecular formula is C28H18F6N2O4S2. The first-order chi connectivity index (χ1) is 19.6. The van der Waals surface area contributed by atoms with Gasteiger partial charge in [-0.15, -0.1) is 0 Å². The third-order valence-corrected chi connectivity index (χ3v) is 7.33. The molecule has 2 amide bonds. The summed E-state index contributed by atoms with van der Waals surface area (Å²) in [5, 5.41) is 11.5. The summed E-state index contributed by atoms with van der Waals surface area (Å²) in [6.07, 6.45) is -8.72. The first-order valence-electron chi connectivity index (χ1n) is 11.9. The number of thioether (sulfide) groups is 1. The molecule has 1 heterocycles. The minimum absolute atomic E-state index is 0.0452. The van der Waals surface area contributed by atoms with E-state index in [4.69, 9.17) is 17.3 Å². The molecule has 6 nitrogen and oxygen atoms in total. The molecule has 4 rings (SSSR count). The van der Waals surface area contributed by atoms with Crippen LogP contribution in [0, 0.1) is 0 Å². The number of hydrogen-bond donors (Lipinski definition) is 2. The Hall–Kier alpha value is -4.17. The van der Waals surface area contributed by atoms with Gasteiger partial charge in [0.2, 0.25) is 5.91 Å². The molecular weight excluding hydrogens is 606 g/mol. The van der Waals surface area contributed by atoms with Gasteiger partial charge in [-0.25, -0.2) is 4.79 Å². The van der Waals surface area contributed by atoms with Crippen LogP contribution in [0.1, 0.15) is 33.5 Å². The predicted octanol–water partition coefficient (Wildman–Crippen LogP) is 7.32. The van der Waals surface area contributed by atoms with E-state index in [9.17, 15) is 40.7 Å². The molecule has 3 aromatic rings. The van der Waals surface area contributed by atoms with Gasteiger partial charge in [-0.2, -0.15) is 26.3 Å². The second kappa shape index (κ2) is 12.0. The first-order valence-corrected chi connectivity index (χ1v) is 13.1. The number of carboxylic acids is 1. The Morgan fingerprint density at radius 2 is 1.52 bits per heavy atom. The molecule has 0 spiro atoms. The van der Waals surface area contributed by atoms with Gasteiger partial charge in [0, 0.05) is 18.7 Å². The van der Waals surface area contributed by atoms with Crippen LogP contribution in [-0.2, 0) is 21.9 Å².